The molecule has 0 fully saturated rings. The number of amides is 1. The lowest BCUT2D eigenvalue weighted by molar-refractivity contribution is -0.119. The van der Waals surface area contributed by atoms with Gasteiger partial charge in [-0.1, -0.05) is 71.8 Å². The van der Waals surface area contributed by atoms with E-state index >= 15 is 0 Å². The Morgan fingerprint density at radius 1 is 0.935 bits per heavy atom. The van der Waals surface area contributed by atoms with E-state index in [-0.39, 0.29) is 28.1 Å². The van der Waals surface area contributed by atoms with Crippen molar-refractivity contribution < 1.29 is 13.2 Å². The quantitative estimate of drug-likeness (QED) is 0.479. The van der Waals surface area contributed by atoms with Gasteiger partial charge >= 0.3 is 0 Å². The zero-order chi connectivity index (χ0) is 22.3. The van der Waals surface area contributed by atoms with Gasteiger partial charge in [0.15, 0.2) is 0 Å². The second kappa shape index (κ2) is 10.5. The Hall–Kier alpha value is -2.83. The Bertz CT molecular complexity index is 1120. The van der Waals surface area contributed by atoms with Crippen molar-refractivity contribution in [2.45, 2.75) is 24.7 Å². The molecule has 3 aromatic carbocycles. The van der Waals surface area contributed by atoms with Gasteiger partial charge in [0.1, 0.15) is 6.54 Å². The molecule has 0 aliphatic carbocycles. The van der Waals surface area contributed by atoms with Gasteiger partial charge in [-0.25, -0.2) is 8.42 Å². The Labute approximate surface area is 188 Å². The van der Waals surface area contributed by atoms with Gasteiger partial charge in [0.05, 0.1) is 15.6 Å². The van der Waals surface area contributed by atoms with Gasteiger partial charge in [0.2, 0.25) is 5.91 Å². The fourth-order valence-corrected chi connectivity index (χ4v) is 4.87. The predicted octanol–water partition coefficient (Wildman–Crippen LogP) is 4.59. The molecule has 3 aromatic rings. The van der Waals surface area contributed by atoms with Crippen LogP contribution in [0.25, 0.3) is 0 Å². The summed E-state index contributed by atoms with van der Waals surface area (Å²) in [5.41, 5.74) is 2.40. The van der Waals surface area contributed by atoms with Crippen molar-refractivity contribution in [3.63, 3.8) is 0 Å². The van der Waals surface area contributed by atoms with Gasteiger partial charge in [-0.05, 0) is 49.6 Å². The van der Waals surface area contributed by atoms with E-state index in [9.17, 15) is 13.2 Å². The SMILES string of the molecule is Cc1ccc(S(=O)(=O)N(CC(=O)NCCCc2ccccc2)c2ccccc2Cl)cc1. The zero-order valence-electron chi connectivity index (χ0n) is 17.3. The summed E-state index contributed by atoms with van der Waals surface area (Å²) < 4.78 is 27.7. The lowest BCUT2D eigenvalue weighted by atomic mass is 10.1. The first kappa shape index (κ1) is 22.8. The molecule has 0 saturated carbocycles. The predicted molar refractivity (Wildman–Crippen MR) is 125 cm³/mol. The van der Waals surface area contributed by atoms with Crippen LogP contribution in [-0.4, -0.2) is 27.4 Å². The molecule has 0 saturated heterocycles. The first-order valence-electron chi connectivity index (χ1n) is 10.0. The van der Waals surface area contributed by atoms with Crippen LogP contribution in [0.4, 0.5) is 5.69 Å². The summed E-state index contributed by atoms with van der Waals surface area (Å²) in [6, 6.07) is 23.1. The molecule has 1 N–H and O–H groups in total. The summed E-state index contributed by atoms with van der Waals surface area (Å²) in [4.78, 5) is 12.7. The number of nitrogens with one attached hydrogen (secondary N) is 1. The third-order valence-electron chi connectivity index (χ3n) is 4.82. The highest BCUT2D eigenvalue weighted by molar-refractivity contribution is 7.92. The number of sulfonamides is 1. The summed E-state index contributed by atoms with van der Waals surface area (Å²) >= 11 is 6.28. The highest BCUT2D eigenvalue weighted by atomic mass is 35.5. The molecule has 162 valence electrons. The number of aryl methyl sites for hydroxylation is 2. The van der Waals surface area contributed by atoms with Gasteiger partial charge in [-0.2, -0.15) is 0 Å². The van der Waals surface area contributed by atoms with E-state index in [1.54, 1.807) is 36.4 Å². The van der Waals surface area contributed by atoms with Crippen molar-refractivity contribution in [2.75, 3.05) is 17.4 Å². The first-order valence-corrected chi connectivity index (χ1v) is 11.8. The molecule has 0 heterocycles. The van der Waals surface area contributed by atoms with Crippen LogP contribution >= 0.6 is 11.6 Å². The highest BCUT2D eigenvalue weighted by Crippen LogP contribution is 2.30. The number of halogens is 1. The van der Waals surface area contributed by atoms with Crippen molar-refractivity contribution >= 4 is 33.2 Å². The first-order chi connectivity index (χ1) is 14.9. The smallest absolute Gasteiger partial charge is 0.264 e. The molecule has 1 amide bonds. The van der Waals surface area contributed by atoms with Gasteiger partial charge < -0.3 is 5.32 Å². The van der Waals surface area contributed by atoms with Crippen molar-refractivity contribution in [3.05, 3.63) is 95.0 Å². The van der Waals surface area contributed by atoms with Gasteiger partial charge in [0, 0.05) is 6.54 Å². The van der Waals surface area contributed by atoms with E-state index in [4.69, 9.17) is 11.6 Å². The summed E-state index contributed by atoms with van der Waals surface area (Å²) in [6.07, 6.45) is 1.59. The van der Waals surface area contributed by atoms with Crippen LogP contribution in [0.2, 0.25) is 5.02 Å². The van der Waals surface area contributed by atoms with Crippen molar-refractivity contribution in [3.8, 4) is 0 Å². The van der Waals surface area contributed by atoms with E-state index in [1.165, 1.54) is 17.7 Å². The fraction of sp³-hybridized carbons (Fsp3) is 0.208. The molecular formula is C24H25ClN2O3S. The Morgan fingerprint density at radius 3 is 2.26 bits per heavy atom. The van der Waals surface area contributed by atoms with Crippen LogP contribution in [0.15, 0.2) is 83.8 Å². The molecule has 3 rings (SSSR count). The normalized spacial score (nSPS) is 11.2. The van der Waals surface area contributed by atoms with Crippen LogP contribution in [0.1, 0.15) is 17.5 Å². The number of hydrogen-bond donors (Lipinski definition) is 1. The van der Waals surface area contributed by atoms with Crippen molar-refractivity contribution in [1.82, 2.24) is 5.32 Å². The molecule has 0 radical (unpaired) electrons. The third kappa shape index (κ3) is 6.09. The number of benzene rings is 3. The summed E-state index contributed by atoms with van der Waals surface area (Å²) in [6.45, 7) is 1.98. The number of carbonyl (C=O) groups excluding carboxylic acids is 1. The molecule has 0 aromatic heterocycles. The summed E-state index contributed by atoms with van der Waals surface area (Å²) in [7, 11) is -3.97. The third-order valence-corrected chi connectivity index (χ3v) is 6.92. The maximum Gasteiger partial charge on any atom is 0.264 e. The van der Waals surface area contributed by atoms with Gasteiger partial charge in [-0.3, -0.25) is 9.10 Å². The molecule has 0 aliphatic heterocycles. The monoisotopic (exact) mass is 456 g/mol. The summed E-state index contributed by atoms with van der Waals surface area (Å²) in [5, 5.41) is 3.08. The van der Waals surface area contributed by atoms with Crippen LogP contribution in [0, 0.1) is 6.92 Å². The molecule has 0 spiro atoms. The van der Waals surface area contributed by atoms with Crippen LogP contribution in [0.3, 0.4) is 0 Å². The maximum atomic E-state index is 13.3. The van der Waals surface area contributed by atoms with E-state index in [0.717, 1.165) is 22.7 Å². The zero-order valence-corrected chi connectivity index (χ0v) is 18.9. The lowest BCUT2D eigenvalue weighted by Crippen LogP contribution is -2.41. The number of rotatable bonds is 9. The maximum absolute atomic E-state index is 13.3. The molecule has 31 heavy (non-hydrogen) atoms. The minimum atomic E-state index is -3.97. The van der Waals surface area contributed by atoms with Crippen molar-refractivity contribution in [2.24, 2.45) is 0 Å². The number of para-hydroxylation sites is 1. The molecule has 0 unspecified atom stereocenters. The Balaban J connectivity index is 1.73. The topological polar surface area (TPSA) is 66.5 Å². The minimum absolute atomic E-state index is 0.106. The number of hydrogen-bond acceptors (Lipinski definition) is 3. The van der Waals surface area contributed by atoms with E-state index in [0.29, 0.717) is 6.54 Å². The molecule has 0 bridgehead atoms. The molecule has 5 nitrogen and oxygen atoms in total. The molecule has 0 aliphatic rings. The Kier molecular flexibility index (Phi) is 7.71. The standard InChI is InChI=1S/C24H25ClN2O3S/c1-19-13-15-21(16-14-19)31(29,30)27(23-12-6-5-11-22(23)25)18-24(28)26-17-7-10-20-8-3-2-4-9-20/h2-6,8-9,11-16H,7,10,17-18H2,1H3,(H,26,28). The number of nitrogens with zero attached hydrogens (tertiary/aromatic N) is 1. The van der Waals surface area contributed by atoms with Crippen LogP contribution in [-0.2, 0) is 21.2 Å². The van der Waals surface area contributed by atoms with Crippen molar-refractivity contribution in [1.29, 1.82) is 0 Å². The van der Waals surface area contributed by atoms with Gasteiger partial charge in [0.25, 0.3) is 10.0 Å². The largest absolute Gasteiger partial charge is 0.355 e. The number of carbonyl (C=O) groups is 1. The van der Waals surface area contributed by atoms with E-state index in [2.05, 4.69) is 5.32 Å². The molecule has 0 atom stereocenters. The Morgan fingerprint density at radius 2 is 1.58 bits per heavy atom. The summed E-state index contributed by atoms with van der Waals surface area (Å²) in [5.74, 6) is -0.385. The van der Waals surface area contributed by atoms with Gasteiger partial charge in [-0.15, -0.1) is 0 Å². The second-order valence-electron chi connectivity index (χ2n) is 7.22. The number of anilines is 1. The average molecular weight is 457 g/mol. The second-order valence-corrected chi connectivity index (χ2v) is 9.48. The van der Waals surface area contributed by atoms with E-state index in [1.807, 2.05) is 37.3 Å². The van der Waals surface area contributed by atoms with E-state index < -0.39 is 10.0 Å². The fourth-order valence-electron chi connectivity index (χ4n) is 3.14. The average Bonchev–Trinajstić information content (AvgIpc) is 2.77. The minimum Gasteiger partial charge on any atom is -0.355 e. The molecular weight excluding hydrogens is 432 g/mol. The molecule has 7 heteroatoms. The van der Waals surface area contributed by atoms with Crippen LogP contribution in [0.5, 0.6) is 0 Å². The van der Waals surface area contributed by atoms with Crippen LogP contribution < -0.4 is 9.62 Å². The lowest BCUT2D eigenvalue weighted by Gasteiger charge is -2.25. The highest BCUT2D eigenvalue weighted by Gasteiger charge is 2.28.